The molecule has 0 spiro atoms. The first-order valence-electron chi connectivity index (χ1n) is 8.18. The summed E-state index contributed by atoms with van der Waals surface area (Å²) in [6.07, 6.45) is 6.56. The van der Waals surface area contributed by atoms with Gasteiger partial charge in [-0.15, -0.1) is 0 Å². The molecule has 5 heteroatoms. The molecule has 1 saturated carbocycles. The van der Waals surface area contributed by atoms with E-state index < -0.39 is 0 Å². The smallest absolute Gasteiger partial charge is 0.242 e. The molecule has 5 nitrogen and oxygen atoms in total. The maximum atomic E-state index is 12.8. The Kier molecular flexibility index (Phi) is 3.79. The third-order valence-electron chi connectivity index (χ3n) is 4.56. The molecule has 118 valence electrons. The topological polar surface area (TPSA) is 58.1 Å². The minimum Gasteiger partial charge on any atom is -0.352 e. The maximum Gasteiger partial charge on any atom is 0.242 e. The third-order valence-corrected chi connectivity index (χ3v) is 4.56. The molecule has 1 atom stereocenters. The molecule has 1 amide bonds. The summed E-state index contributed by atoms with van der Waals surface area (Å²) in [6.45, 7) is 1.54. The number of aromatic nitrogens is 2. The number of amides is 1. The Bertz CT molecular complexity index is 699. The van der Waals surface area contributed by atoms with Crippen LogP contribution in [0.15, 0.2) is 42.9 Å². The number of hydrogen-bond donors (Lipinski definition) is 1. The van der Waals surface area contributed by atoms with E-state index in [2.05, 4.69) is 20.2 Å². The zero-order chi connectivity index (χ0) is 15.6. The summed E-state index contributed by atoms with van der Waals surface area (Å²) in [4.78, 5) is 23.5. The summed E-state index contributed by atoms with van der Waals surface area (Å²) in [5, 5.41) is 3.16. The number of hydrogen-bond acceptors (Lipinski definition) is 4. The van der Waals surface area contributed by atoms with Gasteiger partial charge in [-0.25, -0.2) is 9.97 Å². The molecular formula is C18H20N4O. The van der Waals surface area contributed by atoms with Crippen molar-refractivity contribution < 1.29 is 4.79 Å². The molecule has 1 aliphatic heterocycles. The van der Waals surface area contributed by atoms with E-state index in [1.807, 2.05) is 36.5 Å². The first-order chi connectivity index (χ1) is 11.3. The second-order valence-electron chi connectivity index (χ2n) is 6.31. The molecule has 0 radical (unpaired) electrons. The van der Waals surface area contributed by atoms with Gasteiger partial charge < -0.3 is 5.32 Å². The van der Waals surface area contributed by atoms with Gasteiger partial charge in [-0.1, -0.05) is 30.3 Å². The van der Waals surface area contributed by atoms with E-state index in [1.165, 1.54) is 5.56 Å². The second kappa shape index (κ2) is 6.08. The van der Waals surface area contributed by atoms with Crippen molar-refractivity contribution >= 4 is 5.91 Å². The van der Waals surface area contributed by atoms with Crippen molar-refractivity contribution in [2.75, 3.05) is 6.54 Å². The van der Waals surface area contributed by atoms with Gasteiger partial charge >= 0.3 is 0 Å². The van der Waals surface area contributed by atoms with Crippen LogP contribution < -0.4 is 5.32 Å². The third kappa shape index (κ3) is 3.10. The van der Waals surface area contributed by atoms with E-state index in [-0.39, 0.29) is 11.9 Å². The fraction of sp³-hybridized carbons (Fsp3) is 0.389. The number of carbonyl (C=O) groups is 1. The molecule has 2 aliphatic rings. The normalized spacial score (nSPS) is 19.0. The molecule has 0 saturated heterocycles. The van der Waals surface area contributed by atoms with Crippen LogP contribution in [0.4, 0.5) is 0 Å². The van der Waals surface area contributed by atoms with E-state index in [1.54, 1.807) is 6.33 Å². The van der Waals surface area contributed by atoms with Gasteiger partial charge in [-0.3, -0.25) is 9.69 Å². The molecule has 0 unspecified atom stereocenters. The van der Waals surface area contributed by atoms with Crippen LogP contribution in [-0.4, -0.2) is 33.4 Å². The van der Waals surface area contributed by atoms with Gasteiger partial charge in [0.1, 0.15) is 12.4 Å². The summed E-state index contributed by atoms with van der Waals surface area (Å²) in [5.41, 5.74) is 3.27. The van der Waals surface area contributed by atoms with Crippen LogP contribution in [0.5, 0.6) is 0 Å². The number of carbonyl (C=O) groups excluding carboxylic acids is 1. The molecule has 1 N–H and O–H groups in total. The lowest BCUT2D eigenvalue weighted by molar-refractivity contribution is -0.127. The maximum absolute atomic E-state index is 12.8. The number of nitrogens with zero attached hydrogens (tertiary/aromatic N) is 3. The summed E-state index contributed by atoms with van der Waals surface area (Å²) in [6, 6.07) is 10.2. The Morgan fingerprint density at radius 3 is 2.87 bits per heavy atom. The number of benzene rings is 1. The molecule has 4 rings (SSSR count). The first kappa shape index (κ1) is 14.3. The second-order valence-corrected chi connectivity index (χ2v) is 6.31. The molecule has 0 bridgehead atoms. The predicted molar refractivity (Wildman–Crippen MR) is 86.5 cm³/mol. The van der Waals surface area contributed by atoms with E-state index >= 15 is 0 Å². The minimum atomic E-state index is -0.250. The van der Waals surface area contributed by atoms with Crippen LogP contribution in [0, 0.1) is 0 Å². The predicted octanol–water partition coefficient (Wildman–Crippen LogP) is 1.85. The van der Waals surface area contributed by atoms with Crippen LogP contribution in [0.2, 0.25) is 0 Å². The number of fused-ring (bicyclic) bond motifs is 1. The van der Waals surface area contributed by atoms with Gasteiger partial charge in [0.05, 0.1) is 5.69 Å². The highest BCUT2D eigenvalue weighted by Crippen LogP contribution is 2.28. The SMILES string of the molecule is O=C(NC1CC1)[C@@H](c1ccccc1)N1CCc2cncnc2C1. The van der Waals surface area contributed by atoms with Crippen molar-refractivity contribution in [3.8, 4) is 0 Å². The monoisotopic (exact) mass is 308 g/mol. The largest absolute Gasteiger partial charge is 0.352 e. The van der Waals surface area contributed by atoms with E-state index in [4.69, 9.17) is 0 Å². The van der Waals surface area contributed by atoms with E-state index in [0.717, 1.165) is 37.1 Å². The van der Waals surface area contributed by atoms with Gasteiger partial charge in [0.25, 0.3) is 0 Å². The Labute approximate surface area is 135 Å². The number of nitrogens with one attached hydrogen (secondary N) is 1. The van der Waals surface area contributed by atoms with E-state index in [9.17, 15) is 4.79 Å². The Morgan fingerprint density at radius 1 is 1.26 bits per heavy atom. The zero-order valence-corrected chi connectivity index (χ0v) is 13.0. The van der Waals surface area contributed by atoms with Gasteiger partial charge in [0, 0.05) is 25.3 Å². The summed E-state index contributed by atoms with van der Waals surface area (Å²) < 4.78 is 0. The van der Waals surface area contributed by atoms with Crippen LogP contribution in [0.1, 0.15) is 35.7 Å². The summed E-state index contributed by atoms with van der Waals surface area (Å²) in [7, 11) is 0. The van der Waals surface area contributed by atoms with Crippen molar-refractivity contribution in [3.63, 3.8) is 0 Å². The lowest BCUT2D eigenvalue weighted by atomic mass is 9.99. The lowest BCUT2D eigenvalue weighted by Crippen LogP contribution is -2.43. The van der Waals surface area contributed by atoms with Crippen molar-refractivity contribution in [1.29, 1.82) is 0 Å². The highest BCUT2D eigenvalue weighted by molar-refractivity contribution is 5.83. The molecule has 1 aliphatic carbocycles. The van der Waals surface area contributed by atoms with Crippen molar-refractivity contribution in [2.24, 2.45) is 0 Å². The average Bonchev–Trinajstić information content (AvgIpc) is 3.40. The highest BCUT2D eigenvalue weighted by atomic mass is 16.2. The Hall–Kier alpha value is -2.27. The molecule has 2 heterocycles. The van der Waals surface area contributed by atoms with E-state index in [0.29, 0.717) is 12.6 Å². The number of rotatable bonds is 4. The molecule has 2 aromatic rings. The molecule has 1 aromatic heterocycles. The summed E-state index contributed by atoms with van der Waals surface area (Å²) >= 11 is 0. The van der Waals surface area contributed by atoms with Crippen molar-refractivity contribution in [1.82, 2.24) is 20.2 Å². The molecule has 1 fully saturated rings. The fourth-order valence-corrected chi connectivity index (χ4v) is 3.16. The van der Waals surface area contributed by atoms with Gasteiger partial charge in [-0.2, -0.15) is 0 Å². The van der Waals surface area contributed by atoms with Gasteiger partial charge in [-0.05, 0) is 30.4 Å². The Balaban J connectivity index is 1.61. The fourth-order valence-electron chi connectivity index (χ4n) is 3.16. The molecule has 23 heavy (non-hydrogen) atoms. The average molecular weight is 308 g/mol. The first-order valence-corrected chi connectivity index (χ1v) is 8.18. The zero-order valence-electron chi connectivity index (χ0n) is 13.0. The molecule has 1 aromatic carbocycles. The van der Waals surface area contributed by atoms with Crippen molar-refractivity contribution in [2.45, 2.75) is 37.9 Å². The standard InChI is InChI=1S/C18H20N4O/c23-18(21-15-6-7-15)17(13-4-2-1-3-5-13)22-9-8-14-10-19-12-20-16(14)11-22/h1-5,10,12,15,17H,6-9,11H2,(H,21,23)/t17-/m1/s1. The van der Waals surface area contributed by atoms with Crippen molar-refractivity contribution in [3.05, 3.63) is 59.7 Å². The van der Waals surface area contributed by atoms with Gasteiger partial charge in [0.2, 0.25) is 5.91 Å². The van der Waals surface area contributed by atoms with Crippen LogP contribution in [0.3, 0.4) is 0 Å². The minimum absolute atomic E-state index is 0.108. The van der Waals surface area contributed by atoms with Crippen LogP contribution >= 0.6 is 0 Å². The lowest BCUT2D eigenvalue weighted by Gasteiger charge is -2.34. The van der Waals surface area contributed by atoms with Gasteiger partial charge in [0.15, 0.2) is 0 Å². The molecular weight excluding hydrogens is 288 g/mol. The summed E-state index contributed by atoms with van der Waals surface area (Å²) in [5.74, 6) is 0.108. The quantitative estimate of drug-likeness (QED) is 0.936. The van der Waals surface area contributed by atoms with Crippen LogP contribution in [0.25, 0.3) is 0 Å². The van der Waals surface area contributed by atoms with Crippen LogP contribution in [-0.2, 0) is 17.8 Å². The highest BCUT2D eigenvalue weighted by Gasteiger charge is 2.33. The Morgan fingerprint density at radius 2 is 2.09 bits per heavy atom.